The fourth-order valence-electron chi connectivity index (χ4n) is 4.66. The molecule has 2 heterocycles. The zero-order chi connectivity index (χ0) is 26.8. The molecule has 0 radical (unpaired) electrons. The topological polar surface area (TPSA) is 126 Å². The largest absolute Gasteiger partial charge is 0.496 e. The van der Waals surface area contributed by atoms with Crippen LogP contribution in [0.15, 0.2) is 73.1 Å². The third-order valence-electron chi connectivity index (χ3n) is 6.83. The molecular weight excluding hydrogens is 504 g/mol. The molecule has 11 heteroatoms. The molecule has 1 aliphatic rings. The Bertz CT molecular complexity index is 1280. The Morgan fingerprint density at radius 2 is 1.66 bits per heavy atom. The van der Waals surface area contributed by atoms with Crippen LogP contribution in [0, 0.1) is 0 Å². The van der Waals surface area contributed by atoms with E-state index >= 15 is 0 Å². The maximum absolute atomic E-state index is 13.0. The van der Waals surface area contributed by atoms with E-state index in [1.807, 2.05) is 36.4 Å². The first-order valence-electron chi connectivity index (χ1n) is 12.7. The quantitative estimate of drug-likeness (QED) is 0.303. The van der Waals surface area contributed by atoms with Crippen molar-refractivity contribution in [1.29, 1.82) is 0 Å². The Labute approximate surface area is 224 Å². The van der Waals surface area contributed by atoms with E-state index in [1.165, 1.54) is 11.4 Å². The summed E-state index contributed by atoms with van der Waals surface area (Å²) in [5.74, 6) is 0.808. The number of benzene rings is 2. The van der Waals surface area contributed by atoms with Crippen molar-refractivity contribution in [3.8, 4) is 5.75 Å². The number of carbonyl (C=O) groups excluding carboxylic acids is 1. The number of hydrogen-bond acceptors (Lipinski definition) is 7. The summed E-state index contributed by atoms with van der Waals surface area (Å²) in [6.45, 7) is 1.95. The molecule has 3 N–H and O–H groups in total. The highest BCUT2D eigenvalue weighted by Gasteiger charge is 2.39. The zero-order valence-corrected chi connectivity index (χ0v) is 22.3. The molecule has 0 spiro atoms. The molecule has 0 bridgehead atoms. The highest BCUT2D eigenvalue weighted by Crippen LogP contribution is 2.36. The molecule has 10 nitrogen and oxygen atoms in total. The standard InChI is InChI=1S/C27H34N6O4S/c1-37-24-12-6-5-11-23(24)25(34)31-21-27(22-9-3-2-4-10-22)13-19-33(20-14-27)38(35,36)32-18-8-17-30-26-28-15-7-16-29-26/h2-7,9-12,15-16,32H,8,13-14,17-21H2,1H3,(H,31,34)(H,28,29,30). The highest BCUT2D eigenvalue weighted by atomic mass is 32.2. The molecule has 3 aromatic rings. The summed E-state index contributed by atoms with van der Waals surface area (Å²) < 4.78 is 35.5. The molecule has 4 rings (SSSR count). The van der Waals surface area contributed by atoms with Gasteiger partial charge in [-0.25, -0.2) is 14.7 Å². The van der Waals surface area contributed by atoms with Crippen LogP contribution in [0.3, 0.4) is 0 Å². The summed E-state index contributed by atoms with van der Waals surface area (Å²) in [4.78, 5) is 21.2. The maximum Gasteiger partial charge on any atom is 0.279 e. The van der Waals surface area contributed by atoms with Gasteiger partial charge in [0.15, 0.2) is 0 Å². The van der Waals surface area contributed by atoms with Crippen LogP contribution in [0.5, 0.6) is 5.75 Å². The first-order valence-corrected chi connectivity index (χ1v) is 14.1. The Morgan fingerprint density at radius 1 is 0.974 bits per heavy atom. The average molecular weight is 539 g/mol. The Balaban J connectivity index is 1.35. The molecule has 2 aromatic carbocycles. The monoisotopic (exact) mass is 538 g/mol. The summed E-state index contributed by atoms with van der Waals surface area (Å²) in [6, 6.07) is 18.8. The van der Waals surface area contributed by atoms with E-state index in [9.17, 15) is 13.2 Å². The Kier molecular flexibility index (Phi) is 9.27. The van der Waals surface area contributed by atoms with Gasteiger partial charge in [-0.3, -0.25) is 4.79 Å². The second-order valence-corrected chi connectivity index (χ2v) is 10.9. The predicted octanol–water partition coefficient (Wildman–Crippen LogP) is 2.59. The van der Waals surface area contributed by atoms with Crippen LogP contribution >= 0.6 is 0 Å². The van der Waals surface area contributed by atoms with E-state index in [1.54, 1.807) is 36.7 Å². The van der Waals surface area contributed by atoms with Crippen molar-refractivity contribution in [2.75, 3.05) is 45.2 Å². The lowest BCUT2D eigenvalue weighted by Crippen LogP contribution is -2.52. The van der Waals surface area contributed by atoms with Crippen LogP contribution in [-0.4, -0.2) is 68.4 Å². The number of aromatic nitrogens is 2. The van der Waals surface area contributed by atoms with Crippen molar-refractivity contribution in [2.45, 2.75) is 24.7 Å². The van der Waals surface area contributed by atoms with Gasteiger partial charge in [0.2, 0.25) is 5.95 Å². The van der Waals surface area contributed by atoms with Crippen LogP contribution in [-0.2, 0) is 15.6 Å². The number of carbonyl (C=O) groups is 1. The zero-order valence-electron chi connectivity index (χ0n) is 21.5. The minimum absolute atomic E-state index is 0.219. The van der Waals surface area contributed by atoms with Crippen molar-refractivity contribution >= 4 is 22.1 Å². The van der Waals surface area contributed by atoms with E-state index in [2.05, 4.69) is 25.3 Å². The minimum Gasteiger partial charge on any atom is -0.496 e. The summed E-state index contributed by atoms with van der Waals surface area (Å²) in [7, 11) is -2.09. The lowest BCUT2D eigenvalue weighted by molar-refractivity contribution is 0.0929. The second-order valence-electron chi connectivity index (χ2n) is 9.18. The lowest BCUT2D eigenvalue weighted by Gasteiger charge is -2.42. The molecule has 0 atom stereocenters. The number of nitrogens with one attached hydrogen (secondary N) is 3. The van der Waals surface area contributed by atoms with Gasteiger partial charge in [-0.15, -0.1) is 0 Å². The molecule has 202 valence electrons. The van der Waals surface area contributed by atoms with Crippen molar-refractivity contribution in [3.05, 3.63) is 84.2 Å². The van der Waals surface area contributed by atoms with Crippen LogP contribution in [0.2, 0.25) is 0 Å². The highest BCUT2D eigenvalue weighted by molar-refractivity contribution is 7.87. The number of anilines is 1. The summed E-state index contributed by atoms with van der Waals surface area (Å²) >= 11 is 0. The molecule has 0 unspecified atom stereocenters. The third kappa shape index (κ3) is 6.85. The van der Waals surface area contributed by atoms with Crippen LogP contribution < -0.4 is 20.1 Å². The number of hydrogen-bond donors (Lipinski definition) is 3. The number of piperidine rings is 1. The third-order valence-corrected chi connectivity index (χ3v) is 8.45. The van der Waals surface area contributed by atoms with Gasteiger partial charge in [0.1, 0.15) is 5.75 Å². The molecule has 0 saturated carbocycles. The first kappa shape index (κ1) is 27.5. The summed E-state index contributed by atoms with van der Waals surface area (Å²) in [5.41, 5.74) is 1.17. The summed E-state index contributed by atoms with van der Waals surface area (Å²) in [6.07, 6.45) is 5.05. The maximum atomic E-state index is 13.0. The second kappa shape index (κ2) is 12.8. The fraction of sp³-hybridized carbons (Fsp3) is 0.370. The molecule has 1 aliphatic heterocycles. The number of amides is 1. The van der Waals surface area contributed by atoms with E-state index in [4.69, 9.17) is 4.74 Å². The molecule has 1 saturated heterocycles. The van der Waals surface area contributed by atoms with Gasteiger partial charge >= 0.3 is 0 Å². The predicted molar refractivity (Wildman–Crippen MR) is 146 cm³/mol. The molecule has 1 amide bonds. The normalized spacial score (nSPS) is 15.5. The van der Waals surface area contributed by atoms with Crippen molar-refractivity contribution < 1.29 is 17.9 Å². The van der Waals surface area contributed by atoms with Gasteiger partial charge < -0.3 is 15.4 Å². The van der Waals surface area contributed by atoms with Crippen molar-refractivity contribution in [3.63, 3.8) is 0 Å². The molecule has 0 aliphatic carbocycles. The van der Waals surface area contributed by atoms with E-state index in [0.29, 0.717) is 69.2 Å². The van der Waals surface area contributed by atoms with Gasteiger partial charge in [0.05, 0.1) is 12.7 Å². The lowest BCUT2D eigenvalue weighted by atomic mass is 9.73. The fourth-order valence-corrected chi connectivity index (χ4v) is 5.91. The molecular formula is C27H34N6O4S. The minimum atomic E-state index is -3.62. The van der Waals surface area contributed by atoms with Gasteiger partial charge in [0, 0.05) is 50.5 Å². The van der Waals surface area contributed by atoms with Crippen LogP contribution in [0.4, 0.5) is 5.95 Å². The van der Waals surface area contributed by atoms with Gasteiger partial charge in [-0.05, 0) is 43.0 Å². The van der Waals surface area contributed by atoms with E-state index in [0.717, 1.165) is 5.56 Å². The van der Waals surface area contributed by atoms with E-state index in [-0.39, 0.29) is 11.3 Å². The smallest absolute Gasteiger partial charge is 0.279 e. The van der Waals surface area contributed by atoms with Crippen LogP contribution in [0.1, 0.15) is 35.2 Å². The van der Waals surface area contributed by atoms with Gasteiger partial charge in [-0.2, -0.15) is 12.7 Å². The summed E-state index contributed by atoms with van der Waals surface area (Å²) in [5, 5.41) is 6.15. The molecule has 1 fully saturated rings. The number of para-hydroxylation sites is 1. The molecule has 1 aromatic heterocycles. The number of nitrogens with zero attached hydrogens (tertiary/aromatic N) is 3. The van der Waals surface area contributed by atoms with Gasteiger partial charge in [0.25, 0.3) is 16.1 Å². The number of methoxy groups -OCH3 is 1. The SMILES string of the molecule is COc1ccccc1C(=O)NCC1(c2ccccc2)CCN(S(=O)(=O)NCCCNc2ncccn2)CC1. The number of rotatable bonds is 12. The Morgan fingerprint density at radius 3 is 2.37 bits per heavy atom. The Hall–Kier alpha value is -3.54. The number of ether oxygens (including phenoxy) is 1. The first-order chi connectivity index (χ1) is 18.4. The van der Waals surface area contributed by atoms with Crippen molar-refractivity contribution in [2.24, 2.45) is 0 Å². The van der Waals surface area contributed by atoms with Crippen LogP contribution in [0.25, 0.3) is 0 Å². The van der Waals surface area contributed by atoms with Crippen molar-refractivity contribution in [1.82, 2.24) is 24.3 Å². The average Bonchev–Trinajstić information content (AvgIpc) is 2.97. The molecule has 38 heavy (non-hydrogen) atoms. The van der Waals surface area contributed by atoms with E-state index < -0.39 is 10.2 Å². The van der Waals surface area contributed by atoms with Gasteiger partial charge in [-0.1, -0.05) is 42.5 Å².